The molecule has 0 aliphatic carbocycles. The lowest BCUT2D eigenvalue weighted by atomic mass is 10.1. The first-order chi connectivity index (χ1) is 17.6. The van der Waals surface area contributed by atoms with E-state index in [-0.39, 0.29) is 28.8 Å². The number of hydrogen-bond donors (Lipinski definition) is 2. The topological polar surface area (TPSA) is 142 Å². The molecule has 0 saturated carbocycles. The maximum Gasteiger partial charge on any atom is 0.265 e. The van der Waals surface area contributed by atoms with Crippen LogP contribution in [0.1, 0.15) is 29.2 Å². The fourth-order valence-corrected chi connectivity index (χ4v) is 6.12. The predicted molar refractivity (Wildman–Crippen MR) is 142 cm³/mol. The lowest BCUT2D eigenvalue weighted by molar-refractivity contribution is -0.121. The lowest BCUT2D eigenvalue weighted by Gasteiger charge is -2.14. The molecule has 2 aromatic carbocycles. The highest BCUT2D eigenvalue weighted by molar-refractivity contribution is 7.99. The van der Waals surface area contributed by atoms with Crippen LogP contribution in [0.15, 0.2) is 63.5 Å². The number of nitrogens with one attached hydrogen (secondary N) is 1. The minimum absolute atomic E-state index is 0.0467. The summed E-state index contributed by atoms with van der Waals surface area (Å²) in [5.74, 6) is 0.409. The number of carbonyl (C=O) groups is 1. The van der Waals surface area contributed by atoms with Crippen molar-refractivity contribution in [3.05, 3.63) is 75.7 Å². The molecule has 37 heavy (non-hydrogen) atoms. The molecule has 3 N–H and O–H groups in total. The van der Waals surface area contributed by atoms with Gasteiger partial charge in [-0.15, -0.1) is 0 Å². The first-order valence-electron chi connectivity index (χ1n) is 11.7. The van der Waals surface area contributed by atoms with E-state index in [4.69, 9.17) is 10.1 Å². The number of amides is 1. The van der Waals surface area contributed by atoms with E-state index in [1.807, 2.05) is 26.0 Å². The number of aromatic nitrogens is 4. The van der Waals surface area contributed by atoms with Crippen LogP contribution < -0.4 is 16.0 Å². The van der Waals surface area contributed by atoms with Crippen LogP contribution in [0, 0.1) is 13.8 Å². The second-order valence-electron chi connectivity index (χ2n) is 9.11. The van der Waals surface area contributed by atoms with Crippen LogP contribution in [0.5, 0.6) is 0 Å². The van der Waals surface area contributed by atoms with Gasteiger partial charge in [0.25, 0.3) is 5.56 Å². The summed E-state index contributed by atoms with van der Waals surface area (Å²) in [5, 5.41) is 13.4. The van der Waals surface area contributed by atoms with Crippen molar-refractivity contribution in [2.75, 3.05) is 12.3 Å². The van der Waals surface area contributed by atoms with Crippen molar-refractivity contribution < 1.29 is 13.2 Å². The number of carbonyl (C=O) groups excluding carboxylic acids is 1. The molecule has 2 aromatic heterocycles. The predicted octanol–water partition coefficient (Wildman–Crippen LogP) is 2.24. The summed E-state index contributed by atoms with van der Waals surface area (Å²) in [7, 11) is -3.74. The van der Waals surface area contributed by atoms with Crippen molar-refractivity contribution in [3.63, 3.8) is 0 Å². The molecule has 0 saturated heterocycles. The molecule has 5 rings (SSSR count). The molecule has 192 valence electrons. The number of benzene rings is 2. The minimum Gasteiger partial charge on any atom is -0.356 e. The first-order valence-corrected chi connectivity index (χ1v) is 14.2. The third kappa shape index (κ3) is 5.04. The van der Waals surface area contributed by atoms with Crippen molar-refractivity contribution in [3.8, 4) is 5.69 Å². The van der Waals surface area contributed by atoms with Crippen molar-refractivity contribution in [1.29, 1.82) is 0 Å². The van der Waals surface area contributed by atoms with Gasteiger partial charge in [-0.3, -0.25) is 14.2 Å². The van der Waals surface area contributed by atoms with Crippen molar-refractivity contribution in [2.45, 2.75) is 42.8 Å². The largest absolute Gasteiger partial charge is 0.356 e. The second-order valence-corrected chi connectivity index (χ2v) is 11.7. The number of primary sulfonamides is 1. The van der Waals surface area contributed by atoms with Gasteiger partial charge in [0.1, 0.15) is 5.39 Å². The van der Waals surface area contributed by atoms with Gasteiger partial charge >= 0.3 is 0 Å². The van der Waals surface area contributed by atoms with Crippen molar-refractivity contribution in [2.24, 2.45) is 5.14 Å². The highest BCUT2D eigenvalue weighted by Crippen LogP contribution is 2.33. The van der Waals surface area contributed by atoms with Gasteiger partial charge in [0.2, 0.25) is 15.9 Å². The first kappa shape index (κ1) is 25.2. The van der Waals surface area contributed by atoms with Gasteiger partial charge in [-0.1, -0.05) is 41.6 Å². The zero-order valence-corrected chi connectivity index (χ0v) is 22.0. The molecule has 0 radical (unpaired) electrons. The number of rotatable bonds is 7. The Morgan fingerprint density at radius 1 is 1.19 bits per heavy atom. The summed E-state index contributed by atoms with van der Waals surface area (Å²) < 4.78 is 26.0. The molecule has 1 atom stereocenters. The van der Waals surface area contributed by atoms with Gasteiger partial charge in [-0.25, -0.2) is 23.2 Å². The maximum atomic E-state index is 13.4. The third-order valence-electron chi connectivity index (χ3n) is 6.36. The SMILES string of the molecule is Cc1ccc(-n2ncc3c(=O)n4c(nc32)SCC4CC(=O)NCCc2ccc(S(N)(=O)=O)cc2)c(C)c1. The summed E-state index contributed by atoms with van der Waals surface area (Å²) in [6, 6.07) is 12.0. The van der Waals surface area contributed by atoms with Crippen LogP contribution >= 0.6 is 11.8 Å². The summed E-state index contributed by atoms with van der Waals surface area (Å²) >= 11 is 1.46. The number of nitrogens with zero attached hydrogens (tertiary/aromatic N) is 4. The van der Waals surface area contributed by atoms with Gasteiger partial charge in [-0.2, -0.15) is 5.10 Å². The van der Waals surface area contributed by atoms with E-state index in [1.165, 1.54) is 23.9 Å². The third-order valence-corrected chi connectivity index (χ3v) is 8.39. The normalized spacial score (nSPS) is 15.2. The van der Waals surface area contributed by atoms with Crippen LogP contribution in [0.25, 0.3) is 16.7 Å². The molecule has 4 aromatic rings. The smallest absolute Gasteiger partial charge is 0.265 e. The van der Waals surface area contributed by atoms with E-state index in [9.17, 15) is 18.0 Å². The summed E-state index contributed by atoms with van der Waals surface area (Å²) in [6.45, 7) is 4.41. The Kier molecular flexibility index (Phi) is 6.65. The van der Waals surface area contributed by atoms with Crippen LogP contribution in [0.2, 0.25) is 0 Å². The molecular weight excluding hydrogens is 512 g/mol. The highest BCUT2D eigenvalue weighted by Gasteiger charge is 2.29. The molecular formula is C25H26N6O4S2. The number of nitrogens with two attached hydrogens (primary N) is 1. The fraction of sp³-hybridized carbons (Fsp3) is 0.280. The Hall–Kier alpha value is -3.48. The molecule has 3 heterocycles. The number of thioether (sulfide) groups is 1. The summed E-state index contributed by atoms with van der Waals surface area (Å²) in [6.07, 6.45) is 2.23. The molecule has 12 heteroatoms. The Balaban J connectivity index is 1.28. The Labute approximate surface area is 217 Å². The highest BCUT2D eigenvalue weighted by atomic mass is 32.2. The van der Waals surface area contributed by atoms with E-state index in [1.54, 1.807) is 27.6 Å². The van der Waals surface area contributed by atoms with E-state index >= 15 is 0 Å². The average Bonchev–Trinajstić information content (AvgIpc) is 3.44. The molecule has 1 unspecified atom stereocenters. The van der Waals surface area contributed by atoms with Crippen molar-refractivity contribution in [1.82, 2.24) is 24.6 Å². The Morgan fingerprint density at radius 2 is 1.95 bits per heavy atom. The number of aryl methyl sites for hydroxylation is 2. The van der Waals surface area contributed by atoms with Gasteiger partial charge in [0.05, 0.1) is 22.8 Å². The van der Waals surface area contributed by atoms with E-state index < -0.39 is 10.0 Å². The van der Waals surface area contributed by atoms with Gasteiger partial charge in [-0.05, 0) is 49.6 Å². The Bertz CT molecular complexity index is 1680. The summed E-state index contributed by atoms with van der Waals surface area (Å²) in [5.41, 5.74) is 4.23. The number of sulfonamides is 1. The molecule has 10 nitrogen and oxygen atoms in total. The van der Waals surface area contributed by atoms with E-state index in [0.29, 0.717) is 34.9 Å². The molecule has 0 bridgehead atoms. The minimum atomic E-state index is -3.74. The van der Waals surface area contributed by atoms with Crippen LogP contribution in [-0.2, 0) is 21.2 Å². The molecule has 1 amide bonds. The van der Waals surface area contributed by atoms with Crippen LogP contribution in [0.4, 0.5) is 0 Å². The van der Waals surface area contributed by atoms with E-state index in [2.05, 4.69) is 16.5 Å². The molecule has 1 aliphatic rings. The van der Waals surface area contributed by atoms with Crippen molar-refractivity contribution >= 4 is 38.7 Å². The zero-order chi connectivity index (χ0) is 26.3. The lowest BCUT2D eigenvalue weighted by Crippen LogP contribution is -2.31. The van der Waals surface area contributed by atoms with Gasteiger partial charge in [0.15, 0.2) is 10.8 Å². The zero-order valence-electron chi connectivity index (χ0n) is 20.3. The maximum absolute atomic E-state index is 13.4. The Morgan fingerprint density at radius 3 is 2.65 bits per heavy atom. The summed E-state index contributed by atoms with van der Waals surface area (Å²) in [4.78, 5) is 30.8. The molecule has 0 fully saturated rings. The fourth-order valence-electron chi connectivity index (χ4n) is 4.48. The van der Waals surface area contributed by atoms with E-state index in [0.717, 1.165) is 22.4 Å². The number of hydrogen-bond acceptors (Lipinski definition) is 7. The number of fused-ring (bicyclic) bond motifs is 2. The molecule has 0 spiro atoms. The molecule has 1 aliphatic heterocycles. The standard InChI is InChI=1S/C25H26N6O4S2/c1-15-3-8-21(16(2)11-15)31-23-20(13-28-31)24(33)30-18(14-36-25(30)29-23)12-22(32)27-10-9-17-4-6-19(7-5-17)37(26,34)35/h3-8,11,13,18H,9-10,12,14H2,1-2H3,(H,27,32)(H2,26,34,35). The van der Waals surface area contributed by atoms with Gasteiger partial charge < -0.3 is 5.32 Å². The second kappa shape index (κ2) is 9.77. The van der Waals surface area contributed by atoms with Crippen LogP contribution in [0.3, 0.4) is 0 Å². The monoisotopic (exact) mass is 538 g/mol. The van der Waals surface area contributed by atoms with Gasteiger partial charge in [0, 0.05) is 18.7 Å². The quantitative estimate of drug-likeness (QED) is 0.344. The van der Waals surface area contributed by atoms with Crippen LogP contribution in [-0.4, -0.2) is 46.0 Å². The average molecular weight is 539 g/mol.